The molecule has 4 aromatic rings. The van der Waals surface area contributed by atoms with Gasteiger partial charge in [0.15, 0.2) is 5.11 Å². The number of rotatable bonds is 24. The van der Waals surface area contributed by atoms with Gasteiger partial charge in [-0.05, 0) is 105 Å². The van der Waals surface area contributed by atoms with Gasteiger partial charge in [-0.15, -0.1) is 23.7 Å². The fraction of sp³-hybridized carbons (Fsp3) is 0.474. The van der Waals surface area contributed by atoms with Crippen molar-refractivity contribution >= 4 is 69.6 Å². The monoisotopic (exact) mass is 1130 g/mol. The SMILES string of the molecule is C#CCCC(=O)OC(CCOCCCOCC(=O)NC(C(=O)N1C[C@H](O)C[C@H]1C(=O)N[C@@H](C)c1ccc(-c2scnc2C)cc1)C(C)(C)C)CCOc1ccc(N2C(=S)N(c3ccc(C#N)c(C(F)(F)F)c3)C(=O)C2(C)C)cc1. The van der Waals surface area contributed by atoms with Crippen LogP contribution in [0.5, 0.6) is 5.75 Å². The molecule has 3 heterocycles. The molecule has 79 heavy (non-hydrogen) atoms. The van der Waals surface area contributed by atoms with E-state index < -0.39 is 88.2 Å². The Bertz CT molecular complexity index is 2910. The van der Waals surface area contributed by atoms with Gasteiger partial charge >= 0.3 is 12.1 Å². The molecule has 0 bridgehead atoms. The number of ether oxygens (including phenoxy) is 4. The third-order valence-electron chi connectivity index (χ3n) is 13.4. The molecule has 2 aliphatic rings. The van der Waals surface area contributed by atoms with Crippen LogP contribution in [0.25, 0.3) is 10.4 Å². The number of alkyl halides is 3. The Labute approximate surface area is 467 Å². The van der Waals surface area contributed by atoms with Gasteiger partial charge in [0.1, 0.15) is 36.1 Å². The molecule has 0 saturated carbocycles. The van der Waals surface area contributed by atoms with Gasteiger partial charge in [-0.3, -0.25) is 28.9 Å². The quantitative estimate of drug-likeness (QED) is 0.0261. The number of β-amino-alcohol motifs (C(OH)–C–C–N with tert-alkyl or cyclic N) is 1. The van der Waals surface area contributed by atoms with E-state index in [1.165, 1.54) is 21.9 Å². The number of aryl methyl sites for hydroxylation is 1. The van der Waals surface area contributed by atoms with Crippen LogP contribution in [0, 0.1) is 36.0 Å². The number of hydrogen-bond donors (Lipinski definition) is 3. The zero-order valence-corrected chi connectivity index (χ0v) is 46.8. The number of halogens is 3. The minimum absolute atomic E-state index is 0.0268. The van der Waals surface area contributed by atoms with Crippen molar-refractivity contribution in [3.8, 4) is 34.6 Å². The number of esters is 1. The maximum atomic E-state index is 14.1. The maximum absolute atomic E-state index is 14.1. The van der Waals surface area contributed by atoms with Gasteiger partial charge in [-0.2, -0.15) is 18.4 Å². The van der Waals surface area contributed by atoms with Gasteiger partial charge in [0.25, 0.3) is 5.91 Å². The molecule has 422 valence electrons. The summed E-state index contributed by atoms with van der Waals surface area (Å²) in [7, 11) is 0. The van der Waals surface area contributed by atoms with Crippen LogP contribution < -0.4 is 25.2 Å². The van der Waals surface area contributed by atoms with Crippen LogP contribution in [0.1, 0.15) is 108 Å². The van der Waals surface area contributed by atoms with E-state index in [-0.39, 0.29) is 76.1 Å². The first-order valence-electron chi connectivity index (χ1n) is 25.8. The molecule has 4 amide bonds. The summed E-state index contributed by atoms with van der Waals surface area (Å²) < 4.78 is 64.5. The Kier molecular flexibility index (Phi) is 20.8. The van der Waals surface area contributed by atoms with E-state index in [9.17, 15) is 47.5 Å². The molecule has 6 rings (SSSR count). The zero-order chi connectivity index (χ0) is 57.8. The Morgan fingerprint density at radius 2 is 1.65 bits per heavy atom. The average molecular weight is 1130 g/mol. The van der Waals surface area contributed by atoms with Crippen LogP contribution in [0.3, 0.4) is 0 Å². The predicted octanol–water partition coefficient (Wildman–Crippen LogP) is 8.20. The highest BCUT2D eigenvalue weighted by atomic mass is 32.1. The number of likely N-dealkylation sites (tertiary alicyclic amines) is 1. The number of aliphatic hydroxyl groups excluding tert-OH is 1. The van der Waals surface area contributed by atoms with E-state index >= 15 is 0 Å². The van der Waals surface area contributed by atoms with Crippen molar-refractivity contribution in [2.75, 3.05) is 49.4 Å². The van der Waals surface area contributed by atoms with Crippen molar-refractivity contribution in [2.45, 2.75) is 129 Å². The normalized spacial score (nSPS) is 17.4. The minimum atomic E-state index is -4.84. The standard InChI is InChI=1S/C57H66F3N7O10S2/c1-9-10-12-48(70)77-44(24-28-76-43-21-19-40(20-22-43)67-54(78)66(53(73)56(67,7)8)41-18-17-39(31-61)45(29-41)57(58,59)60)23-27-74-25-11-26-75-33-47(69)64-50(55(4,5)6)52(72)65-32-42(68)30-46(65)51(71)63-35(2)37-13-15-38(16-14-37)49-36(3)62-34-79-49/h1,13-22,29,34-35,42,44,46,50,68H,10-12,23-28,30,32-33H2,2-8H3,(H,63,71)(H,64,69)/t35-,42+,44?,46-,50?/m0/s1. The van der Waals surface area contributed by atoms with Crippen molar-refractivity contribution in [1.82, 2.24) is 20.5 Å². The molecule has 17 nitrogen and oxygen atoms in total. The first kappa shape index (κ1) is 61.3. The first-order chi connectivity index (χ1) is 37.3. The lowest BCUT2D eigenvalue weighted by atomic mass is 9.85. The number of nitriles is 1. The minimum Gasteiger partial charge on any atom is -0.493 e. The van der Waals surface area contributed by atoms with Gasteiger partial charge < -0.3 is 44.5 Å². The van der Waals surface area contributed by atoms with Crippen molar-refractivity contribution < 1.29 is 61.2 Å². The van der Waals surface area contributed by atoms with Crippen LogP contribution in [-0.4, -0.2) is 119 Å². The third-order valence-corrected chi connectivity index (χ3v) is 14.7. The lowest BCUT2D eigenvalue weighted by molar-refractivity contribution is -0.150. The summed E-state index contributed by atoms with van der Waals surface area (Å²) in [6.45, 7) is 12.7. The van der Waals surface area contributed by atoms with Crippen LogP contribution in [0.2, 0.25) is 0 Å². The molecule has 0 aliphatic carbocycles. The second kappa shape index (κ2) is 26.8. The molecule has 3 N–H and O–H groups in total. The van der Waals surface area contributed by atoms with Crippen molar-refractivity contribution in [1.29, 1.82) is 5.26 Å². The fourth-order valence-electron chi connectivity index (χ4n) is 9.10. The molecule has 2 unspecified atom stereocenters. The molecule has 2 saturated heterocycles. The third kappa shape index (κ3) is 15.7. The molecule has 1 aromatic heterocycles. The van der Waals surface area contributed by atoms with Crippen molar-refractivity contribution in [3.05, 3.63) is 94.6 Å². The summed E-state index contributed by atoms with van der Waals surface area (Å²) >= 11 is 7.20. The number of nitrogens with zero attached hydrogens (tertiary/aromatic N) is 5. The second-order valence-electron chi connectivity index (χ2n) is 20.8. The molecule has 2 aliphatic heterocycles. The van der Waals surface area contributed by atoms with Gasteiger partial charge in [0, 0.05) is 51.1 Å². The summed E-state index contributed by atoms with van der Waals surface area (Å²) in [6, 6.07) is 16.6. The van der Waals surface area contributed by atoms with Crippen molar-refractivity contribution in [3.63, 3.8) is 0 Å². The number of thiocarbonyl (C=S) groups is 1. The molecule has 3 aromatic carbocycles. The molecule has 0 spiro atoms. The van der Waals surface area contributed by atoms with E-state index in [0.29, 0.717) is 24.3 Å². The number of carbonyl (C=O) groups is 5. The number of carbonyl (C=O) groups excluding carboxylic acids is 5. The number of aliphatic hydroxyl groups is 1. The van der Waals surface area contributed by atoms with Crippen LogP contribution >= 0.6 is 23.6 Å². The molecule has 5 atom stereocenters. The topological polar surface area (TPSA) is 213 Å². The number of hydrogen-bond acceptors (Lipinski definition) is 14. The Morgan fingerprint density at radius 1 is 0.975 bits per heavy atom. The largest absolute Gasteiger partial charge is 0.493 e. The average Bonchev–Trinajstić information content (AvgIpc) is 4.18. The van der Waals surface area contributed by atoms with E-state index in [1.807, 2.05) is 38.1 Å². The highest BCUT2D eigenvalue weighted by molar-refractivity contribution is 7.81. The first-order valence-corrected chi connectivity index (χ1v) is 27.0. The lowest BCUT2D eigenvalue weighted by Gasteiger charge is -2.35. The molecular formula is C57H66F3N7O10S2. The van der Waals surface area contributed by atoms with E-state index in [0.717, 1.165) is 38.7 Å². The predicted molar refractivity (Wildman–Crippen MR) is 295 cm³/mol. The highest BCUT2D eigenvalue weighted by Gasteiger charge is 2.51. The van der Waals surface area contributed by atoms with Crippen LogP contribution in [0.15, 0.2) is 72.2 Å². The number of anilines is 2. The van der Waals surface area contributed by atoms with E-state index in [4.69, 9.17) is 37.6 Å². The summed E-state index contributed by atoms with van der Waals surface area (Å²) in [4.78, 5) is 76.5. The number of aromatic nitrogens is 1. The summed E-state index contributed by atoms with van der Waals surface area (Å²) in [5.41, 5.74) is 1.14. The second-order valence-corrected chi connectivity index (χ2v) is 22.0. The molecule has 0 radical (unpaired) electrons. The van der Waals surface area contributed by atoms with E-state index in [1.54, 1.807) is 75.7 Å². The van der Waals surface area contributed by atoms with Crippen LogP contribution in [0.4, 0.5) is 24.5 Å². The zero-order valence-electron chi connectivity index (χ0n) is 45.2. The summed E-state index contributed by atoms with van der Waals surface area (Å²) in [5.74, 6) is 0.366. The maximum Gasteiger partial charge on any atom is 0.417 e. The number of thiazole rings is 1. The number of amides is 4. The van der Waals surface area contributed by atoms with Gasteiger partial charge in [-0.25, -0.2) is 4.98 Å². The lowest BCUT2D eigenvalue weighted by Crippen LogP contribution is -2.58. The fourth-order valence-corrected chi connectivity index (χ4v) is 10.4. The number of terminal acetylenes is 1. The van der Waals surface area contributed by atoms with Gasteiger partial charge in [0.2, 0.25) is 17.7 Å². The van der Waals surface area contributed by atoms with Crippen LogP contribution in [-0.2, 0) is 44.4 Å². The molecular weight excluding hydrogens is 1060 g/mol. The number of benzene rings is 3. The van der Waals surface area contributed by atoms with Gasteiger partial charge in [-0.1, -0.05) is 45.0 Å². The smallest absolute Gasteiger partial charge is 0.417 e. The summed E-state index contributed by atoms with van der Waals surface area (Å²) in [5, 5.41) is 25.6. The molecule has 22 heteroatoms. The highest BCUT2D eigenvalue weighted by Crippen LogP contribution is 2.40. The Hall–Kier alpha value is -6.95. The molecule has 2 fully saturated rings. The number of nitrogens with one attached hydrogen (secondary N) is 2. The Balaban J connectivity index is 0.936. The Morgan fingerprint density at radius 3 is 2.28 bits per heavy atom. The summed E-state index contributed by atoms with van der Waals surface area (Å²) in [6.07, 6.45) is 0.288. The van der Waals surface area contributed by atoms with Gasteiger partial charge in [0.05, 0.1) is 70.7 Å². The van der Waals surface area contributed by atoms with Crippen molar-refractivity contribution in [2.24, 2.45) is 5.41 Å². The van der Waals surface area contributed by atoms with E-state index in [2.05, 4.69) is 21.5 Å².